The number of benzene rings is 1. The topological polar surface area (TPSA) is 38.5 Å². The van der Waals surface area contributed by atoms with Crippen LogP contribution in [0.4, 0.5) is 0 Å². The molecule has 3 nitrogen and oxygen atoms in total. The molecule has 0 aromatic heterocycles. The van der Waals surface area contributed by atoms with Gasteiger partial charge in [-0.25, -0.2) is 0 Å². The number of hydrogen-bond donors (Lipinski definition) is 1. The molecule has 1 saturated heterocycles. The summed E-state index contributed by atoms with van der Waals surface area (Å²) in [4.78, 5) is 2.57. The number of para-hydroxylation sites is 1. The fourth-order valence-corrected chi connectivity index (χ4v) is 2.90. The summed E-state index contributed by atoms with van der Waals surface area (Å²) in [6.07, 6.45) is 5.17. The first kappa shape index (κ1) is 15.3. The van der Waals surface area contributed by atoms with E-state index in [4.69, 9.17) is 10.5 Å². The van der Waals surface area contributed by atoms with Gasteiger partial charge < -0.3 is 15.4 Å². The summed E-state index contributed by atoms with van der Waals surface area (Å²) in [7, 11) is 0. The fourth-order valence-electron chi connectivity index (χ4n) is 2.90. The average molecular weight is 276 g/mol. The summed E-state index contributed by atoms with van der Waals surface area (Å²) in [6, 6.07) is 8.05. The molecule has 1 aliphatic rings. The Labute approximate surface area is 123 Å². The van der Waals surface area contributed by atoms with Gasteiger partial charge in [0.2, 0.25) is 0 Å². The molecule has 2 N–H and O–H groups in total. The molecule has 0 atom stereocenters. The highest BCUT2D eigenvalue weighted by Gasteiger charge is 2.16. The maximum Gasteiger partial charge on any atom is 0.123 e. The lowest BCUT2D eigenvalue weighted by atomic mass is 9.94. The largest absolute Gasteiger partial charge is 0.493 e. The van der Waals surface area contributed by atoms with Crippen LogP contribution in [0.2, 0.25) is 0 Å². The summed E-state index contributed by atoms with van der Waals surface area (Å²) in [5, 5.41) is 0. The highest BCUT2D eigenvalue weighted by molar-refractivity contribution is 5.32. The zero-order chi connectivity index (χ0) is 14.2. The monoisotopic (exact) mass is 276 g/mol. The summed E-state index contributed by atoms with van der Waals surface area (Å²) >= 11 is 0. The van der Waals surface area contributed by atoms with E-state index in [1.54, 1.807) is 0 Å². The number of nitrogens with two attached hydrogens (primary N) is 1. The van der Waals surface area contributed by atoms with Crippen molar-refractivity contribution in [3.05, 3.63) is 29.8 Å². The van der Waals surface area contributed by atoms with Crippen LogP contribution < -0.4 is 10.5 Å². The zero-order valence-corrected chi connectivity index (χ0v) is 12.7. The van der Waals surface area contributed by atoms with Crippen molar-refractivity contribution in [1.82, 2.24) is 4.90 Å². The van der Waals surface area contributed by atoms with E-state index < -0.39 is 0 Å². The lowest BCUT2D eigenvalue weighted by Gasteiger charge is -2.31. The van der Waals surface area contributed by atoms with Crippen LogP contribution in [-0.4, -0.2) is 31.1 Å². The summed E-state index contributed by atoms with van der Waals surface area (Å²) in [5.41, 5.74) is 6.80. The van der Waals surface area contributed by atoms with Gasteiger partial charge in [0, 0.05) is 18.7 Å². The van der Waals surface area contributed by atoms with Crippen molar-refractivity contribution in [2.45, 2.75) is 39.2 Å². The normalized spacial score (nSPS) is 17.3. The minimum absolute atomic E-state index is 0.542. The molecule has 1 aromatic rings. The van der Waals surface area contributed by atoms with E-state index in [1.807, 2.05) is 24.3 Å². The van der Waals surface area contributed by atoms with Crippen LogP contribution in [0.1, 0.15) is 38.2 Å². The Hall–Kier alpha value is -1.06. The van der Waals surface area contributed by atoms with Gasteiger partial charge in [0.25, 0.3) is 0 Å². The minimum atomic E-state index is 0.542. The van der Waals surface area contributed by atoms with E-state index in [2.05, 4.69) is 11.8 Å². The molecule has 0 unspecified atom stereocenters. The van der Waals surface area contributed by atoms with Crippen molar-refractivity contribution in [3.8, 4) is 5.75 Å². The van der Waals surface area contributed by atoms with Crippen molar-refractivity contribution in [1.29, 1.82) is 0 Å². The lowest BCUT2D eigenvalue weighted by molar-refractivity contribution is 0.169. The van der Waals surface area contributed by atoms with Crippen LogP contribution in [0.5, 0.6) is 5.75 Å². The first-order valence-electron chi connectivity index (χ1n) is 7.96. The molecule has 1 heterocycles. The number of nitrogens with zero attached hydrogens (tertiary/aromatic N) is 1. The van der Waals surface area contributed by atoms with E-state index in [-0.39, 0.29) is 0 Å². The Balaban J connectivity index is 1.64. The Morgan fingerprint density at radius 2 is 2.00 bits per heavy atom. The van der Waals surface area contributed by atoms with Crippen LogP contribution in [0, 0.1) is 5.92 Å². The molecule has 20 heavy (non-hydrogen) atoms. The maximum absolute atomic E-state index is 5.85. The van der Waals surface area contributed by atoms with Gasteiger partial charge in [0.15, 0.2) is 0 Å². The van der Waals surface area contributed by atoms with E-state index in [9.17, 15) is 0 Å². The Morgan fingerprint density at radius 1 is 1.25 bits per heavy atom. The van der Waals surface area contributed by atoms with E-state index in [0.29, 0.717) is 6.54 Å². The van der Waals surface area contributed by atoms with Gasteiger partial charge in [0.1, 0.15) is 5.75 Å². The molecule has 0 spiro atoms. The van der Waals surface area contributed by atoms with Gasteiger partial charge in [0.05, 0.1) is 6.61 Å². The smallest absolute Gasteiger partial charge is 0.123 e. The van der Waals surface area contributed by atoms with Crippen molar-refractivity contribution in [2.75, 3.05) is 26.2 Å². The molecule has 1 aromatic carbocycles. The van der Waals surface area contributed by atoms with Crippen LogP contribution in [0.25, 0.3) is 0 Å². The number of piperidine rings is 1. The SMILES string of the molecule is CCC1CCN(CCCOc2ccccc2CN)CC1. The molecule has 3 heteroatoms. The van der Waals surface area contributed by atoms with Gasteiger partial charge in [-0.05, 0) is 44.3 Å². The molecule has 0 amide bonds. The molecule has 1 aliphatic heterocycles. The molecule has 1 fully saturated rings. The number of rotatable bonds is 7. The molecular formula is C17H28N2O. The standard InChI is InChI=1S/C17H28N2O/c1-2-15-8-11-19(12-9-15)10-5-13-20-17-7-4-3-6-16(17)14-18/h3-4,6-7,15H,2,5,8-14,18H2,1H3. The molecule has 2 rings (SSSR count). The molecule has 0 radical (unpaired) electrons. The highest BCUT2D eigenvalue weighted by atomic mass is 16.5. The van der Waals surface area contributed by atoms with Crippen LogP contribution >= 0.6 is 0 Å². The summed E-state index contributed by atoms with van der Waals surface area (Å²) in [5.74, 6) is 1.90. The third-order valence-corrected chi connectivity index (χ3v) is 4.35. The highest BCUT2D eigenvalue weighted by Crippen LogP contribution is 2.20. The molecule has 0 bridgehead atoms. The van der Waals surface area contributed by atoms with E-state index >= 15 is 0 Å². The van der Waals surface area contributed by atoms with Gasteiger partial charge in [-0.3, -0.25) is 0 Å². The second kappa shape index (κ2) is 8.28. The third-order valence-electron chi connectivity index (χ3n) is 4.35. The first-order valence-corrected chi connectivity index (χ1v) is 7.96. The second-order valence-corrected chi connectivity index (χ2v) is 5.71. The first-order chi connectivity index (χ1) is 9.83. The molecular weight excluding hydrogens is 248 g/mol. The van der Waals surface area contributed by atoms with Gasteiger partial charge >= 0.3 is 0 Å². The van der Waals surface area contributed by atoms with E-state index in [1.165, 1.54) is 32.4 Å². The fraction of sp³-hybridized carbons (Fsp3) is 0.647. The van der Waals surface area contributed by atoms with Crippen molar-refractivity contribution in [3.63, 3.8) is 0 Å². The second-order valence-electron chi connectivity index (χ2n) is 5.71. The number of ether oxygens (including phenoxy) is 1. The minimum Gasteiger partial charge on any atom is -0.493 e. The maximum atomic E-state index is 5.85. The quantitative estimate of drug-likeness (QED) is 0.778. The number of hydrogen-bond acceptors (Lipinski definition) is 3. The number of likely N-dealkylation sites (tertiary alicyclic amines) is 1. The summed E-state index contributed by atoms with van der Waals surface area (Å²) < 4.78 is 5.85. The Bertz CT molecular complexity index is 386. The van der Waals surface area contributed by atoms with Crippen molar-refractivity contribution >= 4 is 0 Å². The molecule has 112 valence electrons. The van der Waals surface area contributed by atoms with Crippen molar-refractivity contribution < 1.29 is 4.74 Å². The van der Waals surface area contributed by atoms with Crippen LogP contribution in [0.15, 0.2) is 24.3 Å². The van der Waals surface area contributed by atoms with Crippen LogP contribution in [0.3, 0.4) is 0 Å². The lowest BCUT2D eigenvalue weighted by Crippen LogP contribution is -2.34. The zero-order valence-electron chi connectivity index (χ0n) is 12.7. The van der Waals surface area contributed by atoms with Crippen LogP contribution in [-0.2, 0) is 6.54 Å². The Morgan fingerprint density at radius 3 is 2.70 bits per heavy atom. The van der Waals surface area contributed by atoms with Gasteiger partial charge in [-0.1, -0.05) is 31.5 Å². The van der Waals surface area contributed by atoms with E-state index in [0.717, 1.165) is 36.8 Å². The molecule has 0 aliphatic carbocycles. The Kier molecular flexibility index (Phi) is 6.34. The predicted octanol–water partition coefficient (Wildman–Crippen LogP) is 3.04. The summed E-state index contributed by atoms with van der Waals surface area (Å²) in [6.45, 7) is 7.31. The predicted molar refractivity (Wildman–Crippen MR) is 83.9 cm³/mol. The van der Waals surface area contributed by atoms with Crippen molar-refractivity contribution in [2.24, 2.45) is 11.7 Å². The molecule has 0 saturated carbocycles. The van der Waals surface area contributed by atoms with Gasteiger partial charge in [-0.2, -0.15) is 0 Å². The third kappa shape index (κ3) is 4.50. The average Bonchev–Trinajstić information content (AvgIpc) is 2.52. The van der Waals surface area contributed by atoms with Gasteiger partial charge in [-0.15, -0.1) is 0 Å².